The van der Waals surface area contributed by atoms with Crippen molar-refractivity contribution in [1.82, 2.24) is 14.7 Å². The third-order valence-corrected chi connectivity index (χ3v) is 3.83. The summed E-state index contributed by atoms with van der Waals surface area (Å²) in [7, 11) is 1.71. The van der Waals surface area contributed by atoms with Gasteiger partial charge in [-0.15, -0.1) is 0 Å². The number of amides is 1. The Bertz CT molecular complexity index is 724. The molecule has 7 heteroatoms. The van der Waals surface area contributed by atoms with Crippen molar-refractivity contribution in [2.75, 3.05) is 7.05 Å². The van der Waals surface area contributed by atoms with Gasteiger partial charge < -0.3 is 4.90 Å². The summed E-state index contributed by atoms with van der Waals surface area (Å²) in [6, 6.07) is 9.05. The number of nitro groups is 1. The zero-order valence-corrected chi connectivity index (χ0v) is 13.7. The summed E-state index contributed by atoms with van der Waals surface area (Å²) in [5.74, 6) is -0.144. The van der Waals surface area contributed by atoms with Crippen LogP contribution in [-0.2, 0) is 11.3 Å². The van der Waals surface area contributed by atoms with Crippen molar-refractivity contribution < 1.29 is 9.72 Å². The Morgan fingerprint density at radius 3 is 2.48 bits per heavy atom. The minimum absolute atomic E-state index is 0.0321. The van der Waals surface area contributed by atoms with Gasteiger partial charge in [0.05, 0.1) is 4.92 Å². The molecule has 0 unspecified atom stereocenters. The lowest BCUT2D eigenvalue weighted by atomic mass is 10.2. The number of aryl methyl sites for hydroxylation is 1. The fourth-order valence-corrected chi connectivity index (χ4v) is 2.65. The van der Waals surface area contributed by atoms with Crippen molar-refractivity contribution in [2.45, 2.75) is 33.4 Å². The van der Waals surface area contributed by atoms with E-state index >= 15 is 0 Å². The average Bonchev–Trinajstić information content (AvgIpc) is 2.81. The predicted molar refractivity (Wildman–Crippen MR) is 86.0 cm³/mol. The maximum Gasteiger partial charge on any atom is 0.312 e. The number of benzene rings is 1. The molecule has 0 aliphatic carbocycles. The Morgan fingerprint density at radius 1 is 1.35 bits per heavy atom. The minimum atomic E-state index is -0.601. The SMILES string of the molecule is Cc1nn([C@@H](C)C(=O)N(C)Cc2ccccc2)c(C)c1[N+](=O)[O-]. The first-order valence-corrected chi connectivity index (χ1v) is 7.32. The van der Waals surface area contributed by atoms with E-state index in [1.807, 2.05) is 30.3 Å². The number of carbonyl (C=O) groups is 1. The first-order valence-electron chi connectivity index (χ1n) is 7.32. The molecule has 0 saturated carbocycles. The monoisotopic (exact) mass is 316 g/mol. The van der Waals surface area contributed by atoms with Crippen LogP contribution in [0.5, 0.6) is 0 Å². The number of rotatable bonds is 5. The maximum absolute atomic E-state index is 12.6. The van der Waals surface area contributed by atoms with Gasteiger partial charge in [-0.2, -0.15) is 5.10 Å². The van der Waals surface area contributed by atoms with Gasteiger partial charge in [0.2, 0.25) is 5.91 Å². The van der Waals surface area contributed by atoms with E-state index in [1.165, 1.54) is 4.68 Å². The van der Waals surface area contributed by atoms with Crippen LogP contribution in [0.15, 0.2) is 30.3 Å². The molecule has 1 atom stereocenters. The summed E-state index contributed by atoms with van der Waals surface area (Å²) >= 11 is 0. The van der Waals surface area contributed by atoms with Crippen LogP contribution in [0, 0.1) is 24.0 Å². The summed E-state index contributed by atoms with van der Waals surface area (Å²) in [5, 5.41) is 15.2. The summed E-state index contributed by atoms with van der Waals surface area (Å²) in [4.78, 5) is 24.8. The van der Waals surface area contributed by atoms with Crippen molar-refractivity contribution in [3.8, 4) is 0 Å². The molecule has 23 heavy (non-hydrogen) atoms. The van der Waals surface area contributed by atoms with Crippen LogP contribution in [0.4, 0.5) is 5.69 Å². The number of aromatic nitrogens is 2. The summed E-state index contributed by atoms with van der Waals surface area (Å²) in [6.07, 6.45) is 0. The van der Waals surface area contributed by atoms with Crippen LogP contribution in [0.1, 0.15) is 29.9 Å². The van der Waals surface area contributed by atoms with Crippen LogP contribution in [0.2, 0.25) is 0 Å². The molecule has 0 saturated heterocycles. The Balaban J connectivity index is 2.20. The lowest BCUT2D eigenvalue weighted by Crippen LogP contribution is -2.33. The molecule has 2 aromatic rings. The van der Waals surface area contributed by atoms with Crippen molar-refractivity contribution in [1.29, 1.82) is 0 Å². The van der Waals surface area contributed by atoms with Gasteiger partial charge in [-0.05, 0) is 26.3 Å². The first-order chi connectivity index (χ1) is 10.8. The largest absolute Gasteiger partial charge is 0.340 e. The zero-order chi connectivity index (χ0) is 17.1. The molecule has 1 aromatic heterocycles. The van der Waals surface area contributed by atoms with Gasteiger partial charge in [-0.3, -0.25) is 19.6 Å². The maximum atomic E-state index is 12.6. The van der Waals surface area contributed by atoms with Crippen LogP contribution < -0.4 is 0 Å². The first kappa shape index (κ1) is 16.7. The molecule has 0 spiro atoms. The quantitative estimate of drug-likeness (QED) is 0.627. The second-order valence-corrected chi connectivity index (χ2v) is 5.58. The Labute approximate surface area is 134 Å². The van der Waals surface area contributed by atoms with Gasteiger partial charge in [-0.1, -0.05) is 30.3 Å². The molecule has 0 N–H and O–H groups in total. The highest BCUT2D eigenvalue weighted by Crippen LogP contribution is 2.25. The highest BCUT2D eigenvalue weighted by atomic mass is 16.6. The zero-order valence-electron chi connectivity index (χ0n) is 13.7. The van der Waals surface area contributed by atoms with E-state index in [0.717, 1.165) is 5.56 Å². The smallest absolute Gasteiger partial charge is 0.312 e. The third kappa shape index (κ3) is 3.39. The number of hydrogen-bond donors (Lipinski definition) is 0. The molecule has 0 fully saturated rings. The summed E-state index contributed by atoms with van der Waals surface area (Å²) < 4.78 is 1.43. The van der Waals surface area contributed by atoms with Crippen molar-refractivity contribution >= 4 is 11.6 Å². The second kappa shape index (κ2) is 6.60. The molecule has 2 rings (SSSR count). The summed E-state index contributed by atoms with van der Waals surface area (Å²) in [5.41, 5.74) is 1.70. The highest BCUT2D eigenvalue weighted by molar-refractivity contribution is 5.80. The average molecular weight is 316 g/mol. The third-order valence-electron chi connectivity index (χ3n) is 3.83. The van der Waals surface area contributed by atoms with Crippen molar-refractivity contribution in [2.24, 2.45) is 0 Å². The van der Waals surface area contributed by atoms with Crippen LogP contribution in [-0.4, -0.2) is 32.6 Å². The molecule has 1 aromatic carbocycles. The molecular weight excluding hydrogens is 296 g/mol. The standard InChI is InChI=1S/C16H20N4O3/c1-11-15(20(22)23)12(2)19(17-11)13(3)16(21)18(4)10-14-8-6-5-7-9-14/h5-9,13H,10H2,1-4H3/t13-/m0/s1. The molecule has 0 radical (unpaired) electrons. The fraction of sp³-hybridized carbons (Fsp3) is 0.375. The molecule has 0 bridgehead atoms. The molecule has 1 amide bonds. The number of likely N-dealkylation sites (N-methyl/N-ethyl adjacent to an activating group) is 1. The summed E-state index contributed by atoms with van der Waals surface area (Å²) in [6.45, 7) is 5.37. The lowest BCUT2D eigenvalue weighted by Gasteiger charge is -2.22. The predicted octanol–water partition coefficient (Wildman–Crippen LogP) is 2.63. The molecule has 0 aliphatic heterocycles. The van der Waals surface area contributed by atoms with Crippen LogP contribution in [0.25, 0.3) is 0 Å². The molecule has 1 heterocycles. The number of hydrogen-bond acceptors (Lipinski definition) is 4. The van der Waals surface area contributed by atoms with Crippen LogP contribution >= 0.6 is 0 Å². The van der Waals surface area contributed by atoms with E-state index in [0.29, 0.717) is 17.9 Å². The van der Waals surface area contributed by atoms with E-state index in [4.69, 9.17) is 0 Å². The van der Waals surface area contributed by atoms with Gasteiger partial charge >= 0.3 is 5.69 Å². The van der Waals surface area contributed by atoms with Gasteiger partial charge in [0, 0.05) is 13.6 Å². The normalized spacial score (nSPS) is 12.0. The number of carbonyl (C=O) groups excluding carboxylic acids is 1. The highest BCUT2D eigenvalue weighted by Gasteiger charge is 2.28. The van der Waals surface area contributed by atoms with Crippen LogP contribution in [0.3, 0.4) is 0 Å². The fourth-order valence-electron chi connectivity index (χ4n) is 2.65. The van der Waals surface area contributed by atoms with Gasteiger partial charge in [0.25, 0.3) is 0 Å². The molecule has 0 aliphatic rings. The van der Waals surface area contributed by atoms with E-state index < -0.39 is 11.0 Å². The topological polar surface area (TPSA) is 81.3 Å². The molecule has 7 nitrogen and oxygen atoms in total. The Hall–Kier alpha value is -2.70. The molecular formula is C16H20N4O3. The van der Waals surface area contributed by atoms with E-state index in [2.05, 4.69) is 5.10 Å². The van der Waals surface area contributed by atoms with Crippen molar-refractivity contribution in [3.63, 3.8) is 0 Å². The lowest BCUT2D eigenvalue weighted by molar-refractivity contribution is -0.386. The van der Waals surface area contributed by atoms with E-state index in [1.54, 1.807) is 32.7 Å². The molecule has 122 valence electrons. The van der Waals surface area contributed by atoms with E-state index in [-0.39, 0.29) is 11.6 Å². The minimum Gasteiger partial charge on any atom is -0.340 e. The Kier molecular flexibility index (Phi) is 4.78. The second-order valence-electron chi connectivity index (χ2n) is 5.58. The number of nitrogens with zero attached hydrogens (tertiary/aromatic N) is 4. The van der Waals surface area contributed by atoms with Crippen molar-refractivity contribution in [3.05, 3.63) is 57.4 Å². The van der Waals surface area contributed by atoms with Gasteiger partial charge in [0.1, 0.15) is 17.4 Å². The van der Waals surface area contributed by atoms with E-state index in [9.17, 15) is 14.9 Å². The van der Waals surface area contributed by atoms with Gasteiger partial charge in [-0.25, -0.2) is 0 Å². The van der Waals surface area contributed by atoms with Gasteiger partial charge in [0.15, 0.2) is 0 Å². The Morgan fingerprint density at radius 2 is 1.96 bits per heavy atom.